The molecule has 0 aromatic heterocycles. The van der Waals surface area contributed by atoms with Crippen LogP contribution in [0.25, 0.3) is 0 Å². The second-order valence-corrected chi connectivity index (χ2v) is 6.59. The first-order valence-electron chi connectivity index (χ1n) is 7.34. The largest absolute Gasteiger partial charge is 0.456 e. The van der Waals surface area contributed by atoms with Gasteiger partial charge in [0.05, 0.1) is 12.1 Å². The third kappa shape index (κ3) is 5.96. The summed E-state index contributed by atoms with van der Waals surface area (Å²) in [6.45, 7) is -0.664. The van der Waals surface area contributed by atoms with Gasteiger partial charge >= 0.3 is 5.97 Å². The second-order valence-electron chi connectivity index (χ2n) is 4.98. The number of ether oxygens (including phenoxy) is 1. The third-order valence-electron chi connectivity index (χ3n) is 3.06. The van der Waals surface area contributed by atoms with Crippen molar-refractivity contribution < 1.29 is 27.5 Å². The molecule has 4 nitrogen and oxygen atoms in total. The minimum absolute atomic E-state index is 0.0557. The van der Waals surface area contributed by atoms with Gasteiger partial charge in [0.1, 0.15) is 0 Å². The van der Waals surface area contributed by atoms with Crippen LogP contribution in [0.1, 0.15) is 6.42 Å². The SMILES string of the molecule is O=C(COC(=O)CCSc1ccc(Cl)cc1)Nc1ccc(F)c(F)c1F. The number of benzene rings is 2. The third-order valence-corrected chi connectivity index (χ3v) is 4.33. The van der Waals surface area contributed by atoms with Crippen LogP contribution in [0.2, 0.25) is 5.02 Å². The Morgan fingerprint density at radius 3 is 2.42 bits per heavy atom. The molecule has 0 saturated carbocycles. The molecule has 138 valence electrons. The Hall–Kier alpha value is -2.19. The zero-order valence-corrected chi connectivity index (χ0v) is 14.8. The Labute approximate surface area is 156 Å². The predicted molar refractivity (Wildman–Crippen MR) is 92.7 cm³/mol. The minimum Gasteiger partial charge on any atom is -0.456 e. The zero-order valence-electron chi connectivity index (χ0n) is 13.2. The highest BCUT2D eigenvalue weighted by atomic mass is 35.5. The lowest BCUT2D eigenvalue weighted by Gasteiger charge is -2.08. The van der Waals surface area contributed by atoms with Gasteiger partial charge in [-0.1, -0.05) is 11.6 Å². The van der Waals surface area contributed by atoms with E-state index < -0.39 is 41.6 Å². The van der Waals surface area contributed by atoms with Gasteiger partial charge < -0.3 is 10.1 Å². The molecule has 0 aliphatic carbocycles. The van der Waals surface area contributed by atoms with Crippen LogP contribution in [0.4, 0.5) is 18.9 Å². The molecule has 9 heteroatoms. The minimum atomic E-state index is -1.70. The summed E-state index contributed by atoms with van der Waals surface area (Å²) >= 11 is 7.18. The molecule has 2 aromatic rings. The number of nitrogens with one attached hydrogen (secondary N) is 1. The van der Waals surface area contributed by atoms with Crippen molar-refractivity contribution in [2.75, 3.05) is 17.7 Å². The fraction of sp³-hybridized carbons (Fsp3) is 0.176. The van der Waals surface area contributed by atoms with Gasteiger partial charge in [0.25, 0.3) is 5.91 Å². The maximum Gasteiger partial charge on any atom is 0.307 e. The summed E-state index contributed by atoms with van der Waals surface area (Å²) in [5.41, 5.74) is -0.539. The molecule has 0 heterocycles. The molecule has 2 rings (SSSR count). The van der Waals surface area contributed by atoms with E-state index in [-0.39, 0.29) is 6.42 Å². The summed E-state index contributed by atoms with van der Waals surface area (Å²) in [7, 11) is 0. The predicted octanol–water partition coefficient (Wildman–Crippen LogP) is 4.42. The maximum absolute atomic E-state index is 13.4. The van der Waals surface area contributed by atoms with Gasteiger partial charge in [-0.25, -0.2) is 13.2 Å². The molecule has 0 spiro atoms. The monoisotopic (exact) mass is 403 g/mol. The van der Waals surface area contributed by atoms with E-state index in [1.54, 1.807) is 12.1 Å². The van der Waals surface area contributed by atoms with Crippen LogP contribution >= 0.6 is 23.4 Å². The fourth-order valence-corrected chi connectivity index (χ4v) is 2.77. The van der Waals surface area contributed by atoms with Crippen LogP contribution in [-0.4, -0.2) is 24.2 Å². The number of thioether (sulfide) groups is 1. The number of amides is 1. The van der Waals surface area contributed by atoms with Crippen molar-refractivity contribution in [1.82, 2.24) is 0 Å². The smallest absolute Gasteiger partial charge is 0.307 e. The highest BCUT2D eigenvalue weighted by molar-refractivity contribution is 7.99. The van der Waals surface area contributed by atoms with Crippen molar-refractivity contribution >= 4 is 40.9 Å². The standard InChI is InChI=1S/C17H13ClF3NO3S/c18-10-1-3-11(4-2-10)26-8-7-15(24)25-9-14(23)22-13-6-5-12(19)16(20)17(13)21/h1-6H,7-9H2,(H,22,23). The van der Waals surface area contributed by atoms with E-state index in [4.69, 9.17) is 16.3 Å². The van der Waals surface area contributed by atoms with E-state index in [0.717, 1.165) is 11.0 Å². The molecule has 0 aliphatic rings. The summed E-state index contributed by atoms with van der Waals surface area (Å²) in [5.74, 6) is -5.64. The lowest BCUT2D eigenvalue weighted by Crippen LogP contribution is -2.22. The normalized spacial score (nSPS) is 10.5. The first kappa shape index (κ1) is 20.1. The Balaban J connectivity index is 1.72. The Bertz CT molecular complexity index is 803. The molecule has 0 atom stereocenters. The summed E-state index contributed by atoms with van der Waals surface area (Å²) in [4.78, 5) is 24.1. The van der Waals surface area contributed by atoms with Crippen LogP contribution < -0.4 is 5.32 Å². The molecule has 0 aliphatic heterocycles. The van der Waals surface area contributed by atoms with Crippen molar-refractivity contribution in [2.24, 2.45) is 0 Å². The summed E-state index contributed by atoms with van der Waals surface area (Å²) in [6.07, 6.45) is 0.0557. The van der Waals surface area contributed by atoms with Gasteiger partial charge in [-0.2, -0.15) is 0 Å². The van der Waals surface area contributed by atoms with Gasteiger partial charge in [0.15, 0.2) is 24.1 Å². The van der Waals surface area contributed by atoms with E-state index in [1.807, 2.05) is 17.4 Å². The molecular weight excluding hydrogens is 391 g/mol. The molecule has 0 saturated heterocycles. The van der Waals surface area contributed by atoms with Crippen LogP contribution in [0.3, 0.4) is 0 Å². The van der Waals surface area contributed by atoms with Crippen molar-refractivity contribution in [3.05, 3.63) is 58.9 Å². The summed E-state index contributed by atoms with van der Waals surface area (Å²) in [5, 5.41) is 2.61. The first-order chi connectivity index (χ1) is 12.4. The van der Waals surface area contributed by atoms with Crippen molar-refractivity contribution in [1.29, 1.82) is 0 Å². The van der Waals surface area contributed by atoms with Crippen molar-refractivity contribution in [3.8, 4) is 0 Å². The number of halogens is 4. The Kier molecular flexibility index (Phi) is 7.35. The zero-order chi connectivity index (χ0) is 19.1. The first-order valence-corrected chi connectivity index (χ1v) is 8.70. The van der Waals surface area contributed by atoms with E-state index in [9.17, 15) is 22.8 Å². The number of carbonyl (C=O) groups excluding carboxylic acids is 2. The van der Waals surface area contributed by atoms with Crippen molar-refractivity contribution in [2.45, 2.75) is 11.3 Å². The molecule has 26 heavy (non-hydrogen) atoms. The Morgan fingerprint density at radius 2 is 1.73 bits per heavy atom. The molecule has 0 radical (unpaired) electrons. The lowest BCUT2D eigenvalue weighted by molar-refractivity contribution is -0.146. The maximum atomic E-state index is 13.4. The van der Waals surface area contributed by atoms with Gasteiger partial charge in [0.2, 0.25) is 0 Å². The quantitative estimate of drug-likeness (QED) is 0.422. The van der Waals surface area contributed by atoms with Gasteiger partial charge in [-0.3, -0.25) is 9.59 Å². The number of hydrogen-bond acceptors (Lipinski definition) is 4. The number of carbonyl (C=O) groups is 2. The average Bonchev–Trinajstić information content (AvgIpc) is 2.62. The van der Waals surface area contributed by atoms with Crippen LogP contribution in [0, 0.1) is 17.5 Å². The molecule has 0 unspecified atom stereocenters. The molecular formula is C17H13ClF3NO3S. The molecule has 0 bridgehead atoms. The van der Waals surface area contributed by atoms with Gasteiger partial charge in [-0.15, -0.1) is 11.8 Å². The highest BCUT2D eigenvalue weighted by Gasteiger charge is 2.16. The molecule has 1 amide bonds. The van der Waals surface area contributed by atoms with E-state index in [2.05, 4.69) is 0 Å². The molecule has 2 aromatic carbocycles. The summed E-state index contributed by atoms with van der Waals surface area (Å²) < 4.78 is 44.0. The lowest BCUT2D eigenvalue weighted by atomic mass is 10.3. The van der Waals surface area contributed by atoms with Crippen LogP contribution in [0.5, 0.6) is 0 Å². The van der Waals surface area contributed by atoms with E-state index in [0.29, 0.717) is 16.8 Å². The fourth-order valence-electron chi connectivity index (χ4n) is 1.81. The van der Waals surface area contributed by atoms with E-state index >= 15 is 0 Å². The summed E-state index contributed by atoms with van der Waals surface area (Å²) in [6, 6.07) is 8.61. The number of esters is 1. The number of hydrogen-bond donors (Lipinski definition) is 1. The number of rotatable bonds is 7. The second kappa shape index (κ2) is 9.49. The van der Waals surface area contributed by atoms with E-state index in [1.165, 1.54) is 11.8 Å². The highest BCUT2D eigenvalue weighted by Crippen LogP contribution is 2.21. The Morgan fingerprint density at radius 1 is 1.04 bits per heavy atom. The number of anilines is 1. The molecule has 0 fully saturated rings. The van der Waals surface area contributed by atoms with Crippen LogP contribution in [0.15, 0.2) is 41.3 Å². The van der Waals surface area contributed by atoms with Gasteiger partial charge in [0, 0.05) is 15.7 Å². The topological polar surface area (TPSA) is 55.4 Å². The van der Waals surface area contributed by atoms with Gasteiger partial charge in [-0.05, 0) is 36.4 Å². The van der Waals surface area contributed by atoms with Crippen molar-refractivity contribution in [3.63, 3.8) is 0 Å². The molecule has 1 N–H and O–H groups in total. The van der Waals surface area contributed by atoms with Crippen LogP contribution in [-0.2, 0) is 14.3 Å². The average molecular weight is 404 g/mol.